The van der Waals surface area contributed by atoms with Crippen LogP contribution in [0.1, 0.15) is 210 Å². The molecule has 0 bridgehead atoms. The highest BCUT2D eigenvalue weighted by Gasteiger charge is 2.34. The van der Waals surface area contributed by atoms with Crippen molar-refractivity contribution in [3.05, 3.63) is 208 Å². The zero-order valence-electron chi connectivity index (χ0n) is 63.1. The molecule has 7 aromatic carbocycles. The van der Waals surface area contributed by atoms with Gasteiger partial charge in [-0.1, -0.05) is 132 Å². The summed E-state index contributed by atoms with van der Waals surface area (Å²) in [6.45, 7) is 19.3. The molecule has 14 rings (SSSR count). The molecule has 0 radical (unpaired) electrons. The van der Waals surface area contributed by atoms with Crippen LogP contribution in [0.25, 0.3) is 77.3 Å². The summed E-state index contributed by atoms with van der Waals surface area (Å²) in [6, 6.07) is 37.2. The highest BCUT2D eigenvalue weighted by atomic mass is 19.2. The molecule has 107 heavy (non-hydrogen) atoms. The third-order valence-corrected chi connectivity index (χ3v) is 21.6. The molecule has 3 aliphatic rings. The SMILES string of the molecule is CCCC1CCC(C2CCC(c3cc4cc(COCC)oc4c(F)c3F)CC2)CC1.CCCC1CCC(c2ccc(-c3cc4cc(COCC)oc4c(F)c3F)cc2)CC1.CCOCc1cc2cc(-c3ccc(-c4ccc(CC)cc4)cc3)c(F)c(F)c2o1.CCOCc1cc2cc(OCC)c(F)c(F)c2o1. The van der Waals surface area contributed by atoms with E-state index in [0.717, 1.165) is 66.9 Å². The Kier molecular flexibility index (Phi) is 28.5. The van der Waals surface area contributed by atoms with Gasteiger partial charge in [-0.3, -0.25) is 0 Å². The Morgan fingerprint density at radius 1 is 0.327 bits per heavy atom. The molecule has 0 saturated heterocycles. The first-order chi connectivity index (χ1) is 52.0. The van der Waals surface area contributed by atoms with E-state index in [9.17, 15) is 35.1 Å². The summed E-state index contributed by atoms with van der Waals surface area (Å²) in [7, 11) is 0. The van der Waals surface area contributed by atoms with Crippen LogP contribution in [0.4, 0.5) is 35.1 Å². The number of halogens is 8. The molecule has 3 saturated carbocycles. The van der Waals surface area contributed by atoms with Crippen LogP contribution in [0, 0.1) is 70.2 Å². The van der Waals surface area contributed by atoms with Crippen molar-refractivity contribution in [3.63, 3.8) is 0 Å². The van der Waals surface area contributed by atoms with Gasteiger partial charge in [0, 0.05) is 59.1 Å². The molecule has 3 aliphatic carbocycles. The minimum atomic E-state index is -1.03. The maximum Gasteiger partial charge on any atom is 0.205 e. The van der Waals surface area contributed by atoms with Crippen LogP contribution in [0.15, 0.2) is 139 Å². The zero-order valence-corrected chi connectivity index (χ0v) is 63.1. The van der Waals surface area contributed by atoms with E-state index in [2.05, 4.69) is 57.2 Å². The maximum absolute atomic E-state index is 14.9. The number of hydrogen-bond acceptors (Lipinski definition) is 9. The lowest BCUT2D eigenvalue weighted by atomic mass is 9.68. The van der Waals surface area contributed by atoms with Gasteiger partial charge in [-0.05, 0) is 228 Å². The van der Waals surface area contributed by atoms with Gasteiger partial charge in [-0.25, -0.2) is 13.2 Å². The molecule has 4 aromatic heterocycles. The lowest BCUT2D eigenvalue weighted by Gasteiger charge is -2.38. The molecule has 4 heterocycles. The van der Waals surface area contributed by atoms with E-state index in [0.29, 0.717) is 93.6 Å². The summed E-state index contributed by atoms with van der Waals surface area (Å²) in [6.07, 6.45) is 21.0. The molecule has 0 N–H and O–H groups in total. The van der Waals surface area contributed by atoms with Crippen molar-refractivity contribution >= 4 is 43.9 Å². The number of rotatable bonds is 25. The molecule has 0 unspecified atom stereocenters. The van der Waals surface area contributed by atoms with Gasteiger partial charge in [0.25, 0.3) is 0 Å². The van der Waals surface area contributed by atoms with Crippen molar-refractivity contribution in [2.45, 2.75) is 203 Å². The van der Waals surface area contributed by atoms with Gasteiger partial charge < -0.3 is 41.4 Å². The Morgan fingerprint density at radius 3 is 1.07 bits per heavy atom. The first kappa shape index (κ1) is 79.8. The normalized spacial score (nSPS) is 18.1. The van der Waals surface area contributed by atoms with Gasteiger partial charge in [0.05, 0.1) is 6.61 Å². The van der Waals surface area contributed by atoms with E-state index in [-0.39, 0.29) is 78.2 Å². The van der Waals surface area contributed by atoms with Gasteiger partial charge >= 0.3 is 0 Å². The molecule has 11 aromatic rings. The summed E-state index contributed by atoms with van der Waals surface area (Å²) in [5.41, 5.74) is 6.80. The minimum Gasteiger partial charge on any atom is -0.491 e. The Labute approximate surface area is 623 Å². The topological polar surface area (TPSA) is 98.7 Å². The zero-order chi connectivity index (χ0) is 75.7. The van der Waals surface area contributed by atoms with Crippen molar-refractivity contribution in [1.29, 1.82) is 0 Å². The highest BCUT2D eigenvalue weighted by Crippen LogP contribution is 2.47. The van der Waals surface area contributed by atoms with Gasteiger partial charge in [0.2, 0.25) is 29.1 Å². The van der Waals surface area contributed by atoms with Crippen molar-refractivity contribution in [1.82, 2.24) is 0 Å². The molecule has 572 valence electrons. The van der Waals surface area contributed by atoms with Crippen LogP contribution in [0.3, 0.4) is 0 Å². The Balaban J connectivity index is 0.000000144. The van der Waals surface area contributed by atoms with Crippen molar-refractivity contribution in [2.75, 3.05) is 33.0 Å². The molecular weight excluding hydrogens is 1380 g/mol. The van der Waals surface area contributed by atoms with E-state index < -0.39 is 46.5 Å². The van der Waals surface area contributed by atoms with Crippen molar-refractivity contribution < 1.29 is 76.5 Å². The fourth-order valence-electron chi connectivity index (χ4n) is 15.9. The Hall–Kier alpha value is -8.22. The van der Waals surface area contributed by atoms with E-state index in [1.54, 1.807) is 43.3 Å². The standard InChI is InChI=1S/C26H36F2O2.C26H30F2O2.C25H22F2O2.C13H14F2O3/c2*1-3-5-17-6-8-18(9-7-17)19-10-12-20(13-11-19)23-15-21-14-22(16-29-4-2)30-26(21)25(28)24(23)27;1-3-16-5-7-17(8-6-16)18-9-11-19(12-10-18)22-14-20-13-21(15-28-4-2)29-25(20)24(27)23(22)26;1-3-16-7-9-5-8-6-10(17-4-2)11(14)12(15)13(8)18-9/h14-15,17-20H,3-13,16H2,1-2H3;10-15,17-18H,3-9,16H2,1-2H3;5-14H,3-4,15H2,1-2H3;5-6H,3-4,7H2,1-2H3. The van der Waals surface area contributed by atoms with E-state index >= 15 is 0 Å². The average Bonchev–Trinajstić information content (AvgIpc) is 1.71. The molecular formula is C90H102F8O9. The predicted octanol–water partition coefficient (Wildman–Crippen LogP) is 26.9. The summed E-state index contributed by atoms with van der Waals surface area (Å²) in [5, 5.41) is 2.19. The van der Waals surface area contributed by atoms with Crippen LogP contribution in [0.2, 0.25) is 0 Å². The molecule has 9 nitrogen and oxygen atoms in total. The van der Waals surface area contributed by atoms with Gasteiger partial charge in [-0.2, -0.15) is 22.0 Å². The number of benzene rings is 7. The summed E-state index contributed by atoms with van der Waals surface area (Å²) < 4.78 is 163. The van der Waals surface area contributed by atoms with Gasteiger partial charge in [0.1, 0.15) is 49.5 Å². The smallest absolute Gasteiger partial charge is 0.205 e. The van der Waals surface area contributed by atoms with Crippen LogP contribution in [0.5, 0.6) is 5.75 Å². The maximum atomic E-state index is 14.9. The van der Waals surface area contributed by atoms with Crippen LogP contribution in [-0.4, -0.2) is 33.0 Å². The van der Waals surface area contributed by atoms with Gasteiger partial charge in [-0.15, -0.1) is 0 Å². The lowest BCUT2D eigenvalue weighted by molar-refractivity contribution is 0.119. The monoisotopic (exact) mass is 1480 g/mol. The second kappa shape index (κ2) is 38.2. The molecule has 0 spiro atoms. The lowest BCUT2D eigenvalue weighted by Crippen LogP contribution is -2.25. The number of aryl methyl sites for hydroxylation is 1. The summed E-state index contributed by atoms with van der Waals surface area (Å²) in [5.74, 6) is -1.32. The van der Waals surface area contributed by atoms with E-state index in [1.165, 1.54) is 94.2 Å². The predicted molar refractivity (Wildman–Crippen MR) is 407 cm³/mol. The average molecular weight is 1480 g/mol. The second-order valence-corrected chi connectivity index (χ2v) is 28.6. The number of ether oxygens (including phenoxy) is 5. The fraction of sp³-hybridized carbons (Fsp3) is 0.444. The van der Waals surface area contributed by atoms with Crippen molar-refractivity contribution in [3.8, 4) is 39.1 Å². The third-order valence-electron chi connectivity index (χ3n) is 21.6. The van der Waals surface area contributed by atoms with Crippen LogP contribution >= 0.6 is 0 Å². The molecule has 17 heteroatoms. The highest BCUT2D eigenvalue weighted by molar-refractivity contribution is 5.87. The Bertz CT molecular complexity index is 4640. The minimum absolute atomic E-state index is 0.0171. The number of fused-ring (bicyclic) bond motifs is 4. The van der Waals surface area contributed by atoms with Gasteiger partial charge in [0.15, 0.2) is 45.5 Å². The largest absolute Gasteiger partial charge is 0.491 e. The Morgan fingerprint density at radius 2 is 0.673 bits per heavy atom. The second-order valence-electron chi connectivity index (χ2n) is 28.6. The molecule has 0 amide bonds. The first-order valence-electron chi connectivity index (χ1n) is 38.8. The number of hydrogen-bond donors (Lipinski definition) is 0. The van der Waals surface area contributed by atoms with E-state index in [4.69, 9.17) is 41.4 Å². The fourth-order valence-corrected chi connectivity index (χ4v) is 15.9. The van der Waals surface area contributed by atoms with Crippen LogP contribution < -0.4 is 4.74 Å². The van der Waals surface area contributed by atoms with Crippen LogP contribution in [-0.2, 0) is 51.8 Å². The quantitative estimate of drug-likeness (QED) is 0.0518. The summed E-state index contributed by atoms with van der Waals surface area (Å²) in [4.78, 5) is 0. The van der Waals surface area contributed by atoms with Crippen molar-refractivity contribution in [2.24, 2.45) is 23.7 Å². The summed E-state index contributed by atoms with van der Waals surface area (Å²) >= 11 is 0. The molecule has 0 atom stereocenters. The first-order valence-corrected chi connectivity index (χ1v) is 38.8. The van der Waals surface area contributed by atoms with E-state index in [1.807, 2.05) is 70.2 Å². The number of furan rings is 4. The molecule has 3 fully saturated rings. The molecule has 0 aliphatic heterocycles. The third kappa shape index (κ3) is 19.4.